The molecule has 0 spiro atoms. The molecular weight excluding hydrogens is 308 g/mol. The number of rotatable bonds is 4. The van der Waals surface area contributed by atoms with Crippen LogP contribution in [0.1, 0.15) is 37.9 Å². The smallest absolute Gasteiger partial charge is 0.323 e. The van der Waals surface area contributed by atoms with E-state index in [1.54, 1.807) is 12.3 Å². The first kappa shape index (κ1) is 16.2. The average Bonchev–Trinajstić information content (AvgIpc) is 2.79. The Kier molecular flexibility index (Phi) is 3.87. The third-order valence-electron chi connectivity index (χ3n) is 4.65. The minimum Gasteiger partial charge on any atom is -0.323 e. The number of amides is 3. The van der Waals surface area contributed by atoms with Gasteiger partial charge in [-0.05, 0) is 37.5 Å². The van der Waals surface area contributed by atoms with E-state index >= 15 is 0 Å². The number of hydrogen-bond donors (Lipinski definition) is 1. The first-order valence-electron chi connectivity index (χ1n) is 8.03. The highest BCUT2D eigenvalue weighted by Crippen LogP contribution is 2.25. The van der Waals surface area contributed by atoms with Crippen LogP contribution in [0.25, 0.3) is 5.65 Å². The molecule has 126 valence electrons. The molecule has 1 saturated heterocycles. The topological polar surface area (TPSA) is 83.8 Å². The highest BCUT2D eigenvalue weighted by molar-refractivity contribution is 6.06. The molecule has 7 heteroatoms. The van der Waals surface area contributed by atoms with Crippen molar-refractivity contribution < 1.29 is 9.59 Å². The van der Waals surface area contributed by atoms with E-state index in [2.05, 4.69) is 10.3 Å². The minimum absolute atomic E-state index is 0.00784. The Balaban J connectivity index is 1.97. The van der Waals surface area contributed by atoms with Gasteiger partial charge in [0.05, 0.1) is 12.2 Å². The second kappa shape index (κ2) is 5.74. The highest BCUT2D eigenvalue weighted by atomic mass is 16.2. The molecule has 0 unspecified atom stereocenters. The minimum atomic E-state index is -0.848. The molecule has 1 aliphatic rings. The lowest BCUT2D eigenvalue weighted by Crippen LogP contribution is -2.45. The molecule has 0 atom stereocenters. The van der Waals surface area contributed by atoms with Crippen molar-refractivity contribution >= 4 is 17.6 Å². The average molecular weight is 328 g/mol. The molecule has 24 heavy (non-hydrogen) atoms. The Morgan fingerprint density at radius 2 is 1.88 bits per heavy atom. The van der Waals surface area contributed by atoms with E-state index in [0.29, 0.717) is 24.2 Å². The van der Waals surface area contributed by atoms with E-state index in [1.165, 1.54) is 10.5 Å². The molecule has 0 bridgehead atoms. The molecular formula is C17H20N4O3. The SMILES string of the molecule is CCC1(CC)NC(=O)N(Cc2cc(=O)n3ccc(C)cc3n2)C1=O. The summed E-state index contributed by atoms with van der Waals surface area (Å²) in [6.45, 7) is 5.64. The summed E-state index contributed by atoms with van der Waals surface area (Å²) in [7, 11) is 0. The number of hydrogen-bond acceptors (Lipinski definition) is 4. The van der Waals surface area contributed by atoms with Gasteiger partial charge in [0.15, 0.2) is 0 Å². The Hall–Kier alpha value is -2.70. The van der Waals surface area contributed by atoms with Gasteiger partial charge >= 0.3 is 6.03 Å². The van der Waals surface area contributed by atoms with Crippen LogP contribution in [0.2, 0.25) is 0 Å². The Morgan fingerprint density at radius 3 is 2.50 bits per heavy atom. The van der Waals surface area contributed by atoms with Gasteiger partial charge in [0, 0.05) is 12.3 Å². The maximum Gasteiger partial charge on any atom is 0.325 e. The van der Waals surface area contributed by atoms with Crippen LogP contribution in [0, 0.1) is 6.92 Å². The number of carbonyl (C=O) groups is 2. The Bertz CT molecular complexity index is 883. The summed E-state index contributed by atoms with van der Waals surface area (Å²) in [5.74, 6) is -0.260. The molecule has 1 N–H and O–H groups in total. The van der Waals surface area contributed by atoms with Gasteiger partial charge in [-0.1, -0.05) is 13.8 Å². The van der Waals surface area contributed by atoms with Gasteiger partial charge in [0.1, 0.15) is 11.2 Å². The van der Waals surface area contributed by atoms with Crippen molar-refractivity contribution in [3.8, 4) is 0 Å². The molecule has 1 fully saturated rings. The third kappa shape index (κ3) is 2.46. The van der Waals surface area contributed by atoms with E-state index in [1.807, 2.05) is 26.8 Å². The lowest BCUT2D eigenvalue weighted by molar-refractivity contribution is -0.132. The summed E-state index contributed by atoms with van der Waals surface area (Å²) in [6, 6.07) is 4.54. The van der Waals surface area contributed by atoms with Crippen LogP contribution < -0.4 is 10.9 Å². The summed E-state index contributed by atoms with van der Waals surface area (Å²) in [5, 5.41) is 2.77. The van der Waals surface area contributed by atoms with Gasteiger partial charge in [-0.3, -0.25) is 18.9 Å². The second-order valence-electron chi connectivity index (χ2n) is 6.13. The normalized spacial score (nSPS) is 16.7. The number of carbonyl (C=O) groups excluding carboxylic acids is 2. The number of urea groups is 1. The van der Waals surface area contributed by atoms with E-state index in [9.17, 15) is 14.4 Å². The molecule has 3 rings (SSSR count). The van der Waals surface area contributed by atoms with Gasteiger partial charge in [-0.15, -0.1) is 0 Å². The molecule has 7 nitrogen and oxygen atoms in total. The fourth-order valence-corrected chi connectivity index (χ4v) is 3.05. The molecule has 3 amide bonds. The largest absolute Gasteiger partial charge is 0.325 e. The molecule has 0 aliphatic carbocycles. The van der Waals surface area contributed by atoms with Crippen molar-refractivity contribution in [2.24, 2.45) is 0 Å². The Labute approximate surface area is 139 Å². The van der Waals surface area contributed by atoms with Crippen molar-refractivity contribution in [2.75, 3.05) is 0 Å². The maximum absolute atomic E-state index is 12.6. The first-order valence-corrected chi connectivity index (χ1v) is 8.03. The number of nitrogens with one attached hydrogen (secondary N) is 1. The molecule has 2 aromatic heterocycles. The molecule has 2 aromatic rings. The summed E-state index contributed by atoms with van der Waals surface area (Å²) < 4.78 is 1.44. The second-order valence-corrected chi connectivity index (χ2v) is 6.13. The Morgan fingerprint density at radius 1 is 1.17 bits per heavy atom. The number of imide groups is 1. The monoisotopic (exact) mass is 328 g/mol. The number of aromatic nitrogens is 2. The number of nitrogens with zero attached hydrogens (tertiary/aromatic N) is 3. The quantitative estimate of drug-likeness (QED) is 0.864. The fourth-order valence-electron chi connectivity index (χ4n) is 3.05. The van der Waals surface area contributed by atoms with Crippen molar-refractivity contribution in [3.05, 3.63) is 46.0 Å². The predicted octanol–water partition coefficient (Wildman–Crippen LogP) is 1.61. The lowest BCUT2D eigenvalue weighted by Gasteiger charge is -2.23. The van der Waals surface area contributed by atoms with Crippen molar-refractivity contribution in [1.29, 1.82) is 0 Å². The molecule has 1 aliphatic heterocycles. The van der Waals surface area contributed by atoms with Crippen LogP contribution in [-0.2, 0) is 11.3 Å². The zero-order chi connectivity index (χ0) is 17.5. The summed E-state index contributed by atoms with van der Waals surface area (Å²) in [4.78, 5) is 42.6. The van der Waals surface area contributed by atoms with Crippen LogP contribution in [0.5, 0.6) is 0 Å². The third-order valence-corrected chi connectivity index (χ3v) is 4.65. The molecule has 3 heterocycles. The predicted molar refractivity (Wildman–Crippen MR) is 88.6 cm³/mol. The van der Waals surface area contributed by atoms with Gasteiger partial charge in [0.2, 0.25) is 0 Å². The van der Waals surface area contributed by atoms with Gasteiger partial charge in [-0.25, -0.2) is 9.78 Å². The zero-order valence-corrected chi connectivity index (χ0v) is 14.0. The number of pyridine rings is 1. The van der Waals surface area contributed by atoms with Crippen molar-refractivity contribution in [3.63, 3.8) is 0 Å². The zero-order valence-electron chi connectivity index (χ0n) is 14.0. The summed E-state index contributed by atoms with van der Waals surface area (Å²) in [6.07, 6.45) is 2.71. The van der Waals surface area contributed by atoms with E-state index in [-0.39, 0.29) is 18.0 Å². The van der Waals surface area contributed by atoms with Crippen LogP contribution in [-0.4, -0.2) is 31.8 Å². The van der Waals surface area contributed by atoms with Crippen LogP contribution in [0.4, 0.5) is 4.79 Å². The summed E-state index contributed by atoms with van der Waals surface area (Å²) in [5.41, 5.74) is 0.794. The van der Waals surface area contributed by atoms with E-state index < -0.39 is 11.6 Å². The lowest BCUT2D eigenvalue weighted by atomic mass is 9.93. The van der Waals surface area contributed by atoms with Crippen LogP contribution >= 0.6 is 0 Å². The number of aryl methyl sites for hydroxylation is 1. The highest BCUT2D eigenvalue weighted by Gasteiger charge is 2.48. The van der Waals surface area contributed by atoms with Crippen LogP contribution in [0.3, 0.4) is 0 Å². The maximum atomic E-state index is 12.6. The van der Waals surface area contributed by atoms with E-state index in [4.69, 9.17) is 0 Å². The molecule has 0 radical (unpaired) electrons. The standard InChI is InChI=1S/C17H20N4O3/c1-4-17(5-2)15(23)21(16(24)19-17)10-12-9-14(22)20-7-6-11(3)8-13(20)18-12/h6-9H,4-5,10H2,1-3H3,(H,19,24). The summed E-state index contributed by atoms with van der Waals surface area (Å²) >= 11 is 0. The van der Waals surface area contributed by atoms with Gasteiger partial charge < -0.3 is 5.32 Å². The fraction of sp³-hybridized carbons (Fsp3) is 0.412. The van der Waals surface area contributed by atoms with Gasteiger partial charge in [0.25, 0.3) is 11.5 Å². The van der Waals surface area contributed by atoms with Crippen LogP contribution in [0.15, 0.2) is 29.2 Å². The molecule has 0 saturated carbocycles. The first-order chi connectivity index (χ1) is 11.4. The molecule has 0 aromatic carbocycles. The van der Waals surface area contributed by atoms with E-state index in [0.717, 1.165) is 10.5 Å². The van der Waals surface area contributed by atoms with Crippen molar-refractivity contribution in [1.82, 2.24) is 19.6 Å². The number of fused-ring (bicyclic) bond motifs is 1. The van der Waals surface area contributed by atoms with Gasteiger partial charge in [-0.2, -0.15) is 0 Å². The van der Waals surface area contributed by atoms with Crippen molar-refractivity contribution in [2.45, 2.75) is 45.7 Å².